The van der Waals surface area contributed by atoms with E-state index in [0.29, 0.717) is 17.2 Å². The first-order valence-electron chi connectivity index (χ1n) is 5.54. The molecule has 0 N–H and O–H groups in total. The third-order valence-electron chi connectivity index (χ3n) is 2.63. The zero-order chi connectivity index (χ0) is 14.7. The van der Waals surface area contributed by atoms with Gasteiger partial charge in [-0.2, -0.15) is 0 Å². The van der Waals surface area contributed by atoms with Gasteiger partial charge >= 0.3 is 0 Å². The van der Waals surface area contributed by atoms with E-state index in [1.165, 1.54) is 25.1 Å². The summed E-state index contributed by atoms with van der Waals surface area (Å²) in [5.41, 5.74) is 0.265. The van der Waals surface area contributed by atoms with Gasteiger partial charge in [-0.15, -0.1) is 0 Å². The van der Waals surface area contributed by atoms with Crippen molar-refractivity contribution in [3.63, 3.8) is 0 Å². The highest BCUT2D eigenvalue weighted by Crippen LogP contribution is 2.29. The highest BCUT2D eigenvalue weighted by atomic mass is 79.9. The molecule has 0 bridgehead atoms. The Morgan fingerprint density at radius 1 is 1.35 bits per heavy atom. The van der Waals surface area contributed by atoms with Gasteiger partial charge in [-0.05, 0) is 15.9 Å². The summed E-state index contributed by atoms with van der Waals surface area (Å²) in [6.07, 6.45) is 2.94. The normalized spacial score (nSPS) is 10.4. The molecule has 0 atom stereocenters. The predicted octanol–water partition coefficient (Wildman–Crippen LogP) is 2.12. The summed E-state index contributed by atoms with van der Waals surface area (Å²) in [4.78, 5) is 20.2. The zero-order valence-corrected chi connectivity index (χ0v) is 13.1. The number of ether oxygens (including phenoxy) is 2. The molecule has 2 aromatic heterocycles. The van der Waals surface area contributed by atoms with Crippen molar-refractivity contribution in [3.8, 4) is 11.5 Å². The van der Waals surface area contributed by atoms with E-state index in [4.69, 9.17) is 21.1 Å². The van der Waals surface area contributed by atoms with Crippen molar-refractivity contribution in [1.29, 1.82) is 0 Å². The molecule has 0 aliphatic heterocycles. The maximum atomic E-state index is 12.0. The number of rotatable bonds is 4. The van der Waals surface area contributed by atoms with Crippen LogP contribution in [0.5, 0.6) is 11.5 Å². The molecule has 2 aromatic rings. The van der Waals surface area contributed by atoms with Gasteiger partial charge in [0, 0.05) is 12.3 Å². The Labute approximate surface area is 128 Å². The third kappa shape index (κ3) is 2.78. The fourth-order valence-electron chi connectivity index (χ4n) is 1.68. The molecule has 6 nitrogen and oxygen atoms in total. The first-order chi connectivity index (χ1) is 9.58. The number of methoxy groups -OCH3 is 2. The van der Waals surface area contributed by atoms with E-state index >= 15 is 0 Å². The first-order valence-corrected chi connectivity index (χ1v) is 6.72. The molecule has 0 unspecified atom stereocenters. The van der Waals surface area contributed by atoms with Gasteiger partial charge in [-0.25, -0.2) is 4.98 Å². The lowest BCUT2D eigenvalue weighted by Gasteiger charge is -2.12. The molecule has 8 heteroatoms. The standard InChI is InChI=1S/C12H11BrClN3O3/c1-19-8-3-4-15-7(10(8)20-2)5-17-6-16-11(14)9(13)12(17)18/h3-4,6H,5H2,1-2H3. The maximum absolute atomic E-state index is 12.0. The lowest BCUT2D eigenvalue weighted by atomic mass is 10.3. The average Bonchev–Trinajstić information content (AvgIpc) is 2.47. The minimum atomic E-state index is -0.295. The molecule has 0 aromatic carbocycles. The van der Waals surface area contributed by atoms with E-state index in [-0.39, 0.29) is 21.7 Å². The number of nitrogens with zero attached hydrogens (tertiary/aromatic N) is 3. The number of hydrogen-bond acceptors (Lipinski definition) is 5. The van der Waals surface area contributed by atoms with Gasteiger partial charge in [-0.3, -0.25) is 14.3 Å². The lowest BCUT2D eigenvalue weighted by molar-refractivity contribution is 0.348. The molecule has 20 heavy (non-hydrogen) atoms. The summed E-state index contributed by atoms with van der Waals surface area (Å²) >= 11 is 8.87. The Morgan fingerprint density at radius 3 is 2.75 bits per heavy atom. The van der Waals surface area contributed by atoms with E-state index in [1.807, 2.05) is 0 Å². The molecule has 2 heterocycles. The summed E-state index contributed by atoms with van der Waals surface area (Å²) in [7, 11) is 3.05. The summed E-state index contributed by atoms with van der Waals surface area (Å²) in [5.74, 6) is 1.03. The second-order valence-corrected chi connectivity index (χ2v) is 4.93. The van der Waals surface area contributed by atoms with E-state index in [2.05, 4.69) is 25.9 Å². The van der Waals surface area contributed by atoms with Crippen molar-refractivity contribution in [1.82, 2.24) is 14.5 Å². The van der Waals surface area contributed by atoms with Crippen molar-refractivity contribution >= 4 is 27.5 Å². The van der Waals surface area contributed by atoms with Gasteiger partial charge in [0.15, 0.2) is 16.7 Å². The monoisotopic (exact) mass is 359 g/mol. The first kappa shape index (κ1) is 14.8. The van der Waals surface area contributed by atoms with Gasteiger partial charge in [0.2, 0.25) is 0 Å². The van der Waals surface area contributed by atoms with Gasteiger partial charge in [0.05, 0.1) is 27.1 Å². The van der Waals surface area contributed by atoms with Crippen LogP contribution in [-0.2, 0) is 6.54 Å². The van der Waals surface area contributed by atoms with Crippen LogP contribution in [0.4, 0.5) is 0 Å². The fraction of sp³-hybridized carbons (Fsp3) is 0.250. The second kappa shape index (κ2) is 6.23. The molecule has 0 spiro atoms. The van der Waals surface area contributed by atoms with E-state index < -0.39 is 0 Å². The molecule has 0 aliphatic carbocycles. The molecule has 0 saturated carbocycles. The lowest BCUT2D eigenvalue weighted by Crippen LogP contribution is -2.22. The Balaban J connectivity index is 2.45. The van der Waals surface area contributed by atoms with E-state index in [1.54, 1.807) is 12.3 Å². The SMILES string of the molecule is COc1ccnc(Cn2cnc(Cl)c(Br)c2=O)c1OC. The van der Waals surface area contributed by atoms with Crippen LogP contribution in [-0.4, -0.2) is 28.8 Å². The van der Waals surface area contributed by atoms with Crippen LogP contribution in [0.1, 0.15) is 5.69 Å². The topological polar surface area (TPSA) is 66.2 Å². The highest BCUT2D eigenvalue weighted by Gasteiger charge is 2.14. The van der Waals surface area contributed by atoms with Crippen LogP contribution >= 0.6 is 27.5 Å². The van der Waals surface area contributed by atoms with Gasteiger partial charge in [0.25, 0.3) is 5.56 Å². The zero-order valence-electron chi connectivity index (χ0n) is 10.8. The van der Waals surface area contributed by atoms with Crippen molar-refractivity contribution in [2.45, 2.75) is 6.54 Å². The minimum Gasteiger partial charge on any atom is -0.493 e. The van der Waals surface area contributed by atoms with Gasteiger partial charge < -0.3 is 9.47 Å². The maximum Gasteiger partial charge on any atom is 0.269 e. The second-order valence-electron chi connectivity index (χ2n) is 3.78. The van der Waals surface area contributed by atoms with Gasteiger partial charge in [0.1, 0.15) is 10.2 Å². The van der Waals surface area contributed by atoms with Crippen LogP contribution in [0.3, 0.4) is 0 Å². The molecule has 0 amide bonds. The third-order valence-corrected chi connectivity index (χ3v) is 3.86. The Hall–Kier alpha value is -1.60. The number of halogens is 2. The van der Waals surface area contributed by atoms with E-state index in [0.717, 1.165) is 0 Å². The molecule has 2 rings (SSSR count). The predicted molar refractivity (Wildman–Crippen MR) is 77.7 cm³/mol. The summed E-state index contributed by atoms with van der Waals surface area (Å²) in [5, 5.41) is 0.122. The summed E-state index contributed by atoms with van der Waals surface area (Å²) in [6.45, 7) is 0.196. The van der Waals surface area contributed by atoms with Crippen molar-refractivity contribution in [3.05, 3.63) is 44.3 Å². The Bertz CT molecular complexity index is 690. The molecular weight excluding hydrogens is 350 g/mol. The molecular formula is C12H11BrClN3O3. The largest absolute Gasteiger partial charge is 0.493 e. The molecule has 0 aliphatic rings. The number of hydrogen-bond donors (Lipinski definition) is 0. The quantitative estimate of drug-likeness (QED) is 0.781. The van der Waals surface area contributed by atoms with Crippen LogP contribution in [0.15, 0.2) is 27.9 Å². The van der Waals surface area contributed by atoms with Crippen molar-refractivity contribution in [2.24, 2.45) is 0 Å². The van der Waals surface area contributed by atoms with Crippen molar-refractivity contribution in [2.75, 3.05) is 14.2 Å². The van der Waals surface area contributed by atoms with E-state index in [9.17, 15) is 4.79 Å². The molecule has 0 fully saturated rings. The van der Waals surface area contributed by atoms with Crippen LogP contribution < -0.4 is 15.0 Å². The smallest absolute Gasteiger partial charge is 0.269 e. The highest BCUT2D eigenvalue weighted by molar-refractivity contribution is 9.10. The van der Waals surface area contributed by atoms with Crippen LogP contribution in [0.25, 0.3) is 0 Å². The average molecular weight is 361 g/mol. The van der Waals surface area contributed by atoms with Crippen LogP contribution in [0, 0.1) is 0 Å². The number of aromatic nitrogens is 3. The Kier molecular flexibility index (Phi) is 4.61. The molecule has 0 radical (unpaired) electrons. The fourth-order valence-corrected chi connectivity index (χ4v) is 2.14. The Morgan fingerprint density at radius 2 is 2.10 bits per heavy atom. The number of pyridine rings is 1. The van der Waals surface area contributed by atoms with Crippen molar-refractivity contribution < 1.29 is 9.47 Å². The summed E-state index contributed by atoms with van der Waals surface area (Å²) < 4.78 is 12.0. The molecule has 106 valence electrons. The van der Waals surface area contributed by atoms with Crippen LogP contribution in [0.2, 0.25) is 5.15 Å². The summed E-state index contributed by atoms with van der Waals surface area (Å²) in [6, 6.07) is 1.68. The minimum absolute atomic E-state index is 0.122. The van der Waals surface area contributed by atoms with Gasteiger partial charge in [-0.1, -0.05) is 11.6 Å². The molecule has 0 saturated heterocycles.